The summed E-state index contributed by atoms with van der Waals surface area (Å²) in [4.78, 5) is 0. The molecule has 0 aromatic heterocycles. The number of aromatic hydroxyl groups is 1. The molecule has 0 spiro atoms. The van der Waals surface area contributed by atoms with Crippen molar-refractivity contribution >= 4 is 11.6 Å². The van der Waals surface area contributed by atoms with Crippen molar-refractivity contribution in [3.8, 4) is 5.75 Å². The van der Waals surface area contributed by atoms with E-state index < -0.39 is 0 Å². The SMILES string of the molecule is Oc1ccc(Cl)cc1.[C-]#N. The maximum absolute atomic E-state index is 8.70. The van der Waals surface area contributed by atoms with Gasteiger partial charge >= 0.3 is 0 Å². The molecule has 0 bridgehead atoms. The van der Waals surface area contributed by atoms with Gasteiger partial charge in [0.2, 0.25) is 0 Å². The fourth-order valence-electron chi connectivity index (χ4n) is 0.441. The molecule has 0 heterocycles. The highest BCUT2D eigenvalue weighted by atomic mass is 35.5. The van der Waals surface area contributed by atoms with Gasteiger partial charge in [0.05, 0.1) is 0 Å². The standard InChI is InChI=1S/C6H5ClO.CN/c7-5-1-3-6(8)4-2-5;1-2/h1-4,8H;/q;-1. The summed E-state index contributed by atoms with van der Waals surface area (Å²) in [5, 5.41) is 15.6. The van der Waals surface area contributed by atoms with E-state index >= 15 is 0 Å². The van der Waals surface area contributed by atoms with Gasteiger partial charge in [0.15, 0.2) is 0 Å². The van der Waals surface area contributed by atoms with Crippen molar-refractivity contribution in [1.82, 2.24) is 0 Å². The van der Waals surface area contributed by atoms with Crippen LogP contribution in [-0.4, -0.2) is 5.11 Å². The molecule has 0 aliphatic rings. The van der Waals surface area contributed by atoms with Crippen molar-refractivity contribution < 1.29 is 5.11 Å². The summed E-state index contributed by atoms with van der Waals surface area (Å²) >= 11 is 5.50. The number of benzene rings is 1. The Morgan fingerprint density at radius 1 is 1.20 bits per heavy atom. The van der Waals surface area contributed by atoms with Crippen LogP contribution in [0.2, 0.25) is 5.02 Å². The topological polar surface area (TPSA) is 44.0 Å². The highest BCUT2D eigenvalue weighted by Gasteiger charge is 1.84. The molecule has 0 amide bonds. The number of phenolic OH excluding ortho intramolecular Hbond substituents is 1. The molecule has 0 atom stereocenters. The number of hydrogen-bond acceptors (Lipinski definition) is 2. The number of hydrogen-bond donors (Lipinski definition) is 1. The van der Waals surface area contributed by atoms with Crippen LogP contribution in [0.3, 0.4) is 0 Å². The molecule has 1 rings (SSSR count). The fraction of sp³-hybridized carbons (Fsp3) is 0. The number of halogens is 1. The summed E-state index contributed by atoms with van der Waals surface area (Å²) in [6, 6.07) is 6.36. The second kappa shape index (κ2) is 4.66. The summed E-state index contributed by atoms with van der Waals surface area (Å²) in [5.41, 5.74) is 0. The van der Waals surface area contributed by atoms with Crippen LogP contribution in [0, 0.1) is 11.8 Å². The van der Waals surface area contributed by atoms with Gasteiger partial charge < -0.3 is 16.9 Å². The van der Waals surface area contributed by atoms with Crippen LogP contribution in [0.5, 0.6) is 5.75 Å². The summed E-state index contributed by atoms with van der Waals surface area (Å²) in [6.45, 7) is 4.75. The molecule has 0 saturated carbocycles. The summed E-state index contributed by atoms with van der Waals surface area (Å²) in [7, 11) is 0. The van der Waals surface area contributed by atoms with Crippen LogP contribution < -0.4 is 0 Å². The van der Waals surface area contributed by atoms with Crippen LogP contribution in [0.15, 0.2) is 24.3 Å². The fourth-order valence-corrected chi connectivity index (χ4v) is 0.567. The highest BCUT2D eigenvalue weighted by Crippen LogP contribution is 2.12. The van der Waals surface area contributed by atoms with Gasteiger partial charge in [0.25, 0.3) is 0 Å². The minimum Gasteiger partial charge on any atom is -0.512 e. The normalized spacial score (nSPS) is 7.50. The molecule has 0 saturated heterocycles. The average molecular weight is 155 g/mol. The van der Waals surface area contributed by atoms with Crippen LogP contribution in [0.25, 0.3) is 0 Å². The summed E-state index contributed by atoms with van der Waals surface area (Å²) < 4.78 is 0. The predicted molar refractivity (Wildman–Crippen MR) is 38.1 cm³/mol. The van der Waals surface area contributed by atoms with Crippen LogP contribution in [0.1, 0.15) is 0 Å². The van der Waals surface area contributed by atoms with E-state index in [1.807, 2.05) is 0 Å². The van der Waals surface area contributed by atoms with E-state index in [1.165, 1.54) is 0 Å². The predicted octanol–water partition coefficient (Wildman–Crippen LogP) is 2.14. The molecule has 10 heavy (non-hydrogen) atoms. The zero-order chi connectivity index (χ0) is 7.98. The van der Waals surface area contributed by atoms with Gasteiger partial charge in [-0.2, -0.15) is 0 Å². The first kappa shape index (κ1) is 8.80. The Morgan fingerprint density at radius 3 is 1.90 bits per heavy atom. The molecule has 0 radical (unpaired) electrons. The van der Waals surface area contributed by atoms with Gasteiger partial charge in [-0.25, -0.2) is 0 Å². The minimum atomic E-state index is 0.245. The van der Waals surface area contributed by atoms with Gasteiger partial charge in [-0.05, 0) is 24.3 Å². The molecule has 0 aliphatic heterocycles. The first-order chi connectivity index (χ1) is 4.79. The lowest BCUT2D eigenvalue weighted by atomic mass is 10.3. The Labute approximate surface area is 64.3 Å². The second-order valence-corrected chi connectivity index (χ2v) is 1.91. The molecule has 0 unspecified atom stereocenters. The largest absolute Gasteiger partial charge is 0.512 e. The Morgan fingerprint density at radius 2 is 1.60 bits per heavy atom. The third-order valence-electron chi connectivity index (χ3n) is 0.827. The van der Waals surface area contributed by atoms with E-state index in [2.05, 4.69) is 0 Å². The molecule has 0 aliphatic carbocycles. The molecule has 52 valence electrons. The van der Waals surface area contributed by atoms with Gasteiger partial charge in [0, 0.05) is 5.02 Å². The number of rotatable bonds is 0. The summed E-state index contributed by atoms with van der Waals surface area (Å²) in [6.07, 6.45) is 0. The smallest absolute Gasteiger partial charge is 0.115 e. The van der Waals surface area contributed by atoms with Crippen molar-refractivity contribution in [2.24, 2.45) is 0 Å². The lowest BCUT2D eigenvalue weighted by molar-refractivity contribution is 0.475. The van der Waals surface area contributed by atoms with Gasteiger partial charge in [-0.3, -0.25) is 0 Å². The molecule has 2 nitrogen and oxygen atoms in total. The van der Waals surface area contributed by atoms with E-state index in [-0.39, 0.29) is 5.75 Å². The number of nitrogens with zero attached hydrogens (tertiary/aromatic N) is 1. The molecule has 3 heteroatoms. The lowest BCUT2D eigenvalue weighted by Gasteiger charge is -1.87. The van der Waals surface area contributed by atoms with E-state index in [0.717, 1.165) is 0 Å². The Bertz CT molecular complexity index is 184. The second-order valence-electron chi connectivity index (χ2n) is 1.48. The average Bonchev–Trinajstić information content (AvgIpc) is 2.00. The monoisotopic (exact) mass is 154 g/mol. The first-order valence-corrected chi connectivity index (χ1v) is 2.84. The lowest BCUT2D eigenvalue weighted by Crippen LogP contribution is -1.61. The maximum atomic E-state index is 8.70. The third kappa shape index (κ3) is 2.95. The zero-order valence-corrected chi connectivity index (χ0v) is 5.84. The first-order valence-electron chi connectivity index (χ1n) is 2.46. The van der Waals surface area contributed by atoms with Crippen LogP contribution in [0.4, 0.5) is 0 Å². The number of phenols is 1. The third-order valence-corrected chi connectivity index (χ3v) is 1.08. The minimum absolute atomic E-state index is 0.245. The summed E-state index contributed by atoms with van der Waals surface area (Å²) in [5.74, 6) is 0.245. The molecular weight excluding hydrogens is 150 g/mol. The molecular formula is C7H5ClNO-. The van der Waals surface area contributed by atoms with Crippen LogP contribution >= 0.6 is 11.6 Å². The quantitative estimate of drug-likeness (QED) is 0.582. The van der Waals surface area contributed by atoms with Crippen molar-refractivity contribution in [2.45, 2.75) is 0 Å². The van der Waals surface area contributed by atoms with E-state index in [0.29, 0.717) is 5.02 Å². The van der Waals surface area contributed by atoms with E-state index in [1.54, 1.807) is 24.3 Å². The Balaban J connectivity index is 0.000000371. The van der Waals surface area contributed by atoms with Gasteiger partial charge in [-0.1, -0.05) is 11.6 Å². The van der Waals surface area contributed by atoms with Gasteiger partial charge in [-0.15, -0.1) is 0 Å². The van der Waals surface area contributed by atoms with Crippen molar-refractivity contribution in [3.63, 3.8) is 0 Å². The van der Waals surface area contributed by atoms with Crippen molar-refractivity contribution in [1.29, 1.82) is 5.26 Å². The molecule has 1 N–H and O–H groups in total. The van der Waals surface area contributed by atoms with E-state index in [4.69, 9.17) is 28.5 Å². The maximum Gasteiger partial charge on any atom is 0.115 e. The van der Waals surface area contributed by atoms with E-state index in [9.17, 15) is 0 Å². The molecule has 0 fully saturated rings. The van der Waals surface area contributed by atoms with Crippen LogP contribution in [-0.2, 0) is 0 Å². The van der Waals surface area contributed by atoms with Crippen molar-refractivity contribution in [2.75, 3.05) is 0 Å². The van der Waals surface area contributed by atoms with Gasteiger partial charge in [0.1, 0.15) is 5.75 Å². The molecule has 1 aromatic carbocycles. The zero-order valence-electron chi connectivity index (χ0n) is 5.08. The Kier molecular flexibility index (Phi) is 4.10. The molecule has 1 aromatic rings. The highest BCUT2D eigenvalue weighted by molar-refractivity contribution is 6.30. The Hall–Kier alpha value is -1.20. The van der Waals surface area contributed by atoms with Crippen molar-refractivity contribution in [3.05, 3.63) is 35.9 Å².